The molecular formula is C24H26N2O3. The van der Waals surface area contributed by atoms with Crippen LogP contribution in [0.5, 0.6) is 5.75 Å². The van der Waals surface area contributed by atoms with Gasteiger partial charge in [0.2, 0.25) is 11.8 Å². The molecular weight excluding hydrogens is 364 g/mol. The predicted octanol–water partition coefficient (Wildman–Crippen LogP) is 4.08. The minimum atomic E-state index is -0.749. The Hall–Kier alpha value is -2.82. The smallest absolute Gasteiger partial charge is 0.238 e. The van der Waals surface area contributed by atoms with E-state index in [2.05, 4.69) is 5.32 Å². The maximum absolute atomic E-state index is 13.5. The lowest BCUT2D eigenvalue weighted by molar-refractivity contribution is -0.201. The second-order valence-electron chi connectivity index (χ2n) is 8.54. The predicted molar refractivity (Wildman–Crippen MR) is 111 cm³/mol. The van der Waals surface area contributed by atoms with Crippen LogP contribution in [-0.4, -0.2) is 29.5 Å². The number of hydrogen-bond acceptors (Lipinski definition) is 3. The first kappa shape index (κ1) is 18.2. The molecule has 2 aromatic carbocycles. The zero-order valence-corrected chi connectivity index (χ0v) is 16.9. The van der Waals surface area contributed by atoms with Gasteiger partial charge in [-0.1, -0.05) is 42.8 Å². The highest BCUT2D eigenvalue weighted by atomic mass is 16.5. The fourth-order valence-electron chi connectivity index (χ4n) is 5.64. The Labute approximate surface area is 171 Å². The zero-order chi connectivity index (χ0) is 20.2. The molecule has 5 heteroatoms. The summed E-state index contributed by atoms with van der Waals surface area (Å²) >= 11 is 0. The molecule has 2 amide bonds. The van der Waals surface area contributed by atoms with E-state index in [9.17, 15) is 9.59 Å². The number of aryl methyl sites for hydroxylation is 1. The summed E-state index contributed by atoms with van der Waals surface area (Å²) in [5.74, 6) is -0.343. The van der Waals surface area contributed by atoms with Crippen molar-refractivity contribution in [2.75, 3.05) is 12.4 Å². The highest BCUT2D eigenvalue weighted by molar-refractivity contribution is 6.08. The molecule has 4 atom stereocenters. The molecule has 0 radical (unpaired) electrons. The van der Waals surface area contributed by atoms with Crippen LogP contribution in [-0.2, 0) is 9.59 Å². The Morgan fingerprint density at radius 2 is 1.90 bits per heavy atom. The lowest BCUT2D eigenvalue weighted by Crippen LogP contribution is -2.70. The highest BCUT2D eigenvalue weighted by Gasteiger charge is 2.63. The quantitative estimate of drug-likeness (QED) is 0.786. The van der Waals surface area contributed by atoms with Crippen LogP contribution in [0.2, 0.25) is 0 Å². The topological polar surface area (TPSA) is 58.6 Å². The van der Waals surface area contributed by atoms with Gasteiger partial charge in [0.25, 0.3) is 0 Å². The number of para-hydroxylation sites is 2. The van der Waals surface area contributed by atoms with E-state index in [-0.39, 0.29) is 23.7 Å². The van der Waals surface area contributed by atoms with Gasteiger partial charge in [-0.25, -0.2) is 0 Å². The van der Waals surface area contributed by atoms with Crippen molar-refractivity contribution in [3.8, 4) is 5.75 Å². The summed E-state index contributed by atoms with van der Waals surface area (Å²) in [6.45, 7) is 1.96. The molecule has 2 aliphatic heterocycles. The number of likely N-dealkylation sites (tertiary alicyclic amines) is 1. The lowest BCUT2D eigenvalue weighted by Gasteiger charge is -2.59. The van der Waals surface area contributed by atoms with Gasteiger partial charge in [-0.05, 0) is 43.0 Å². The summed E-state index contributed by atoms with van der Waals surface area (Å²) in [5.41, 5.74) is 2.10. The molecule has 2 bridgehead atoms. The average Bonchev–Trinajstić information content (AvgIpc) is 2.73. The van der Waals surface area contributed by atoms with Crippen LogP contribution in [0.1, 0.15) is 42.7 Å². The van der Waals surface area contributed by atoms with Crippen LogP contribution >= 0.6 is 0 Å². The van der Waals surface area contributed by atoms with E-state index in [1.54, 1.807) is 11.9 Å². The minimum Gasteiger partial charge on any atom is -0.467 e. The molecule has 5 nitrogen and oxygen atoms in total. The van der Waals surface area contributed by atoms with Crippen molar-refractivity contribution < 1.29 is 14.3 Å². The van der Waals surface area contributed by atoms with Gasteiger partial charge >= 0.3 is 0 Å². The van der Waals surface area contributed by atoms with Crippen molar-refractivity contribution in [3.63, 3.8) is 0 Å². The van der Waals surface area contributed by atoms with Crippen LogP contribution in [0.3, 0.4) is 0 Å². The van der Waals surface area contributed by atoms with E-state index in [1.165, 1.54) is 0 Å². The standard InChI is InChI=1S/C24H26N2O3/c1-15-9-3-5-12-18(15)25-22(27)21-20-16-10-4-6-13-19(16)29-24(26(2)23(21)28)14-8-7-11-17(20)24/h3-6,9-10,12-13,17,20-21H,7-8,11,14H2,1-2H3,(H,25,27)/t17-,20-,21-,24+/m1/s1. The fourth-order valence-corrected chi connectivity index (χ4v) is 5.64. The van der Waals surface area contributed by atoms with E-state index < -0.39 is 11.6 Å². The van der Waals surface area contributed by atoms with E-state index in [1.807, 2.05) is 55.5 Å². The van der Waals surface area contributed by atoms with Gasteiger partial charge < -0.3 is 15.0 Å². The fraction of sp³-hybridized carbons (Fsp3) is 0.417. The molecule has 29 heavy (non-hydrogen) atoms. The number of benzene rings is 2. The molecule has 0 aromatic heterocycles. The number of piperidine rings is 1. The van der Waals surface area contributed by atoms with Crippen molar-refractivity contribution in [1.82, 2.24) is 4.90 Å². The van der Waals surface area contributed by atoms with Crippen LogP contribution < -0.4 is 10.1 Å². The largest absolute Gasteiger partial charge is 0.467 e. The third kappa shape index (κ3) is 2.60. The molecule has 150 valence electrons. The highest BCUT2D eigenvalue weighted by Crippen LogP contribution is 2.58. The Kier molecular flexibility index (Phi) is 4.16. The summed E-state index contributed by atoms with van der Waals surface area (Å²) in [5, 5.41) is 3.03. The molecule has 5 rings (SSSR count). The van der Waals surface area contributed by atoms with Crippen LogP contribution in [0.15, 0.2) is 48.5 Å². The third-order valence-corrected chi connectivity index (χ3v) is 7.09. The van der Waals surface area contributed by atoms with Crippen LogP contribution in [0.25, 0.3) is 0 Å². The van der Waals surface area contributed by atoms with E-state index in [0.717, 1.165) is 48.2 Å². The van der Waals surface area contributed by atoms with Crippen molar-refractivity contribution >= 4 is 17.5 Å². The van der Waals surface area contributed by atoms with Gasteiger partial charge in [-0.15, -0.1) is 0 Å². The van der Waals surface area contributed by atoms with E-state index >= 15 is 0 Å². The van der Waals surface area contributed by atoms with Gasteiger partial charge in [0, 0.05) is 31.0 Å². The Morgan fingerprint density at radius 1 is 1.14 bits per heavy atom. The Bertz CT molecular complexity index is 988. The number of amides is 2. The van der Waals surface area contributed by atoms with Crippen molar-refractivity contribution in [2.45, 2.75) is 44.2 Å². The number of anilines is 1. The first-order chi connectivity index (χ1) is 14.0. The number of nitrogens with one attached hydrogen (secondary N) is 1. The number of hydrogen-bond donors (Lipinski definition) is 1. The maximum Gasteiger partial charge on any atom is 0.238 e. The molecule has 2 fully saturated rings. The summed E-state index contributed by atoms with van der Waals surface area (Å²) < 4.78 is 6.52. The maximum atomic E-state index is 13.5. The number of carbonyl (C=O) groups is 2. The van der Waals surface area contributed by atoms with E-state index in [4.69, 9.17) is 4.74 Å². The summed E-state index contributed by atoms with van der Waals surface area (Å²) in [7, 11) is 1.80. The molecule has 3 aliphatic rings. The molecule has 1 N–H and O–H groups in total. The summed E-state index contributed by atoms with van der Waals surface area (Å²) in [4.78, 5) is 28.7. The SMILES string of the molecule is Cc1ccccc1NC(=O)[C@@H]1C(=O)N(C)[C@]23CCCC[C@@H]2[C@H]1c1ccccc1O3. The molecule has 1 aliphatic carbocycles. The van der Waals surface area contributed by atoms with Crippen LogP contribution in [0.4, 0.5) is 5.69 Å². The molecule has 1 saturated carbocycles. The third-order valence-electron chi connectivity index (χ3n) is 7.09. The first-order valence-electron chi connectivity index (χ1n) is 10.4. The lowest BCUT2D eigenvalue weighted by atomic mass is 9.61. The number of nitrogens with zero attached hydrogens (tertiary/aromatic N) is 1. The second kappa shape index (κ2) is 6.61. The van der Waals surface area contributed by atoms with Gasteiger partial charge in [-0.2, -0.15) is 0 Å². The number of ether oxygens (including phenoxy) is 1. The summed E-state index contributed by atoms with van der Waals surface area (Å²) in [6.07, 6.45) is 3.91. The van der Waals surface area contributed by atoms with Crippen LogP contribution in [0, 0.1) is 18.8 Å². The van der Waals surface area contributed by atoms with Gasteiger partial charge in [0.05, 0.1) is 0 Å². The Balaban J connectivity index is 1.60. The number of carbonyl (C=O) groups excluding carboxylic acids is 2. The normalized spacial score (nSPS) is 30.1. The average molecular weight is 390 g/mol. The van der Waals surface area contributed by atoms with Crippen molar-refractivity contribution in [2.24, 2.45) is 11.8 Å². The van der Waals surface area contributed by atoms with Gasteiger partial charge in [0.1, 0.15) is 11.7 Å². The molecule has 2 heterocycles. The monoisotopic (exact) mass is 390 g/mol. The number of fused-ring (bicyclic) bond motifs is 2. The first-order valence-corrected chi connectivity index (χ1v) is 10.4. The minimum absolute atomic E-state index is 0.126. The summed E-state index contributed by atoms with van der Waals surface area (Å²) in [6, 6.07) is 15.6. The molecule has 1 saturated heterocycles. The Morgan fingerprint density at radius 3 is 2.72 bits per heavy atom. The van der Waals surface area contributed by atoms with Gasteiger partial charge in [-0.3, -0.25) is 9.59 Å². The zero-order valence-electron chi connectivity index (χ0n) is 16.9. The van der Waals surface area contributed by atoms with E-state index in [0.29, 0.717) is 0 Å². The van der Waals surface area contributed by atoms with Crippen molar-refractivity contribution in [1.29, 1.82) is 0 Å². The van der Waals surface area contributed by atoms with Crippen molar-refractivity contribution in [3.05, 3.63) is 59.7 Å². The molecule has 2 aromatic rings. The van der Waals surface area contributed by atoms with Gasteiger partial charge in [0.15, 0.2) is 5.72 Å². The molecule has 0 unspecified atom stereocenters. The number of rotatable bonds is 2. The molecule has 0 spiro atoms. The second-order valence-corrected chi connectivity index (χ2v) is 8.54.